The molecule has 7 heteroatoms. The van der Waals surface area contributed by atoms with Gasteiger partial charge in [-0.05, 0) is 17.7 Å². The van der Waals surface area contributed by atoms with Gasteiger partial charge in [-0.15, -0.1) is 0 Å². The molecule has 0 radical (unpaired) electrons. The number of amides is 2. The van der Waals surface area contributed by atoms with Crippen molar-refractivity contribution in [1.82, 2.24) is 20.6 Å². The first kappa shape index (κ1) is 13.6. The molecule has 104 valence electrons. The fraction of sp³-hybridized carbons (Fsp3) is 0.154. The highest BCUT2D eigenvalue weighted by Gasteiger charge is 2.03. The monoisotopic (exact) mass is 274 g/mol. The average Bonchev–Trinajstić information content (AvgIpc) is 2.96. The molecule has 0 spiro atoms. The Morgan fingerprint density at radius 1 is 1.15 bits per heavy atom. The number of rotatable bonds is 5. The van der Waals surface area contributed by atoms with Crippen molar-refractivity contribution in [1.29, 1.82) is 0 Å². The summed E-state index contributed by atoms with van der Waals surface area (Å²) in [5.74, 6) is -0.971. The number of imidazole rings is 1. The Labute approximate surface area is 115 Å². The van der Waals surface area contributed by atoms with E-state index in [1.165, 1.54) is 12.1 Å². The fourth-order valence-corrected chi connectivity index (χ4v) is 1.57. The van der Waals surface area contributed by atoms with E-state index in [1.807, 2.05) is 0 Å². The largest absolute Gasteiger partial charge is 0.478 e. The van der Waals surface area contributed by atoms with Crippen molar-refractivity contribution >= 4 is 12.0 Å². The predicted molar refractivity (Wildman–Crippen MR) is 71.1 cm³/mol. The second-order valence-corrected chi connectivity index (χ2v) is 4.12. The van der Waals surface area contributed by atoms with Gasteiger partial charge in [0.05, 0.1) is 24.1 Å². The fourth-order valence-electron chi connectivity index (χ4n) is 1.57. The van der Waals surface area contributed by atoms with Crippen molar-refractivity contribution in [3.05, 3.63) is 53.6 Å². The van der Waals surface area contributed by atoms with Crippen LogP contribution < -0.4 is 10.6 Å². The van der Waals surface area contributed by atoms with E-state index in [2.05, 4.69) is 20.6 Å². The van der Waals surface area contributed by atoms with Crippen LogP contribution in [0.25, 0.3) is 0 Å². The Hall–Kier alpha value is -2.83. The molecule has 0 atom stereocenters. The van der Waals surface area contributed by atoms with E-state index < -0.39 is 5.97 Å². The SMILES string of the molecule is O=C(NCc1ccc(C(=O)O)cc1)NCc1cnc[nH]1. The molecule has 0 bridgehead atoms. The van der Waals surface area contributed by atoms with Gasteiger partial charge in [0.15, 0.2) is 0 Å². The summed E-state index contributed by atoms with van der Waals surface area (Å²) in [5.41, 5.74) is 1.86. The maximum atomic E-state index is 11.5. The number of carboxylic acid groups (broad SMARTS) is 1. The molecule has 0 saturated heterocycles. The van der Waals surface area contributed by atoms with Crippen LogP contribution in [0.3, 0.4) is 0 Å². The summed E-state index contributed by atoms with van der Waals surface area (Å²) in [6.07, 6.45) is 3.17. The Morgan fingerprint density at radius 2 is 1.85 bits per heavy atom. The van der Waals surface area contributed by atoms with E-state index in [4.69, 9.17) is 5.11 Å². The van der Waals surface area contributed by atoms with Crippen LogP contribution in [0.15, 0.2) is 36.8 Å². The van der Waals surface area contributed by atoms with Crippen LogP contribution in [0.1, 0.15) is 21.6 Å². The lowest BCUT2D eigenvalue weighted by atomic mass is 10.1. The molecular formula is C13H14N4O3. The average molecular weight is 274 g/mol. The van der Waals surface area contributed by atoms with Crippen LogP contribution >= 0.6 is 0 Å². The number of hydrogen-bond donors (Lipinski definition) is 4. The zero-order chi connectivity index (χ0) is 14.4. The number of H-pyrrole nitrogens is 1. The minimum absolute atomic E-state index is 0.220. The zero-order valence-corrected chi connectivity index (χ0v) is 10.6. The Kier molecular flexibility index (Phi) is 4.33. The number of carbonyl (C=O) groups is 2. The molecule has 4 N–H and O–H groups in total. The van der Waals surface area contributed by atoms with Gasteiger partial charge in [-0.1, -0.05) is 12.1 Å². The second-order valence-electron chi connectivity index (χ2n) is 4.12. The van der Waals surface area contributed by atoms with Crippen LogP contribution in [0.2, 0.25) is 0 Å². The van der Waals surface area contributed by atoms with Gasteiger partial charge in [-0.3, -0.25) is 0 Å². The van der Waals surface area contributed by atoms with E-state index in [0.717, 1.165) is 11.3 Å². The standard InChI is InChI=1S/C13H14N4O3/c18-12(19)10-3-1-9(2-4-10)5-15-13(20)16-7-11-6-14-8-17-11/h1-4,6,8H,5,7H2,(H,14,17)(H,18,19)(H2,15,16,20). The van der Waals surface area contributed by atoms with Gasteiger partial charge in [0, 0.05) is 12.7 Å². The van der Waals surface area contributed by atoms with E-state index in [1.54, 1.807) is 24.7 Å². The van der Waals surface area contributed by atoms with Gasteiger partial charge in [0.1, 0.15) is 0 Å². The predicted octanol–water partition coefficient (Wildman–Crippen LogP) is 1.11. The van der Waals surface area contributed by atoms with Gasteiger partial charge in [0.2, 0.25) is 0 Å². The first-order valence-corrected chi connectivity index (χ1v) is 5.96. The van der Waals surface area contributed by atoms with Gasteiger partial charge >= 0.3 is 12.0 Å². The number of carboxylic acids is 1. The van der Waals surface area contributed by atoms with Crippen LogP contribution in [0.5, 0.6) is 0 Å². The van der Waals surface area contributed by atoms with Gasteiger partial charge in [0.25, 0.3) is 0 Å². The molecule has 2 rings (SSSR count). The highest BCUT2D eigenvalue weighted by molar-refractivity contribution is 5.87. The lowest BCUT2D eigenvalue weighted by molar-refractivity contribution is 0.0697. The summed E-state index contributed by atoms with van der Waals surface area (Å²) in [6.45, 7) is 0.693. The number of urea groups is 1. The van der Waals surface area contributed by atoms with Gasteiger partial charge in [-0.25, -0.2) is 14.6 Å². The van der Waals surface area contributed by atoms with Crippen molar-refractivity contribution in [3.63, 3.8) is 0 Å². The van der Waals surface area contributed by atoms with E-state index >= 15 is 0 Å². The van der Waals surface area contributed by atoms with Crippen molar-refractivity contribution in [2.45, 2.75) is 13.1 Å². The van der Waals surface area contributed by atoms with Crippen molar-refractivity contribution in [2.75, 3.05) is 0 Å². The molecule has 0 aliphatic rings. The Morgan fingerprint density at radius 3 is 2.45 bits per heavy atom. The molecular weight excluding hydrogens is 260 g/mol. The Balaban J connectivity index is 1.76. The Bertz CT molecular complexity index is 578. The first-order chi connectivity index (χ1) is 9.65. The molecule has 0 aliphatic carbocycles. The zero-order valence-electron chi connectivity index (χ0n) is 10.6. The molecule has 0 saturated carbocycles. The minimum atomic E-state index is -0.971. The minimum Gasteiger partial charge on any atom is -0.478 e. The van der Waals surface area contributed by atoms with E-state index in [0.29, 0.717) is 13.1 Å². The maximum absolute atomic E-state index is 11.5. The quantitative estimate of drug-likeness (QED) is 0.655. The van der Waals surface area contributed by atoms with Crippen LogP contribution in [-0.4, -0.2) is 27.1 Å². The van der Waals surface area contributed by atoms with Crippen LogP contribution in [0.4, 0.5) is 4.79 Å². The topological polar surface area (TPSA) is 107 Å². The molecule has 20 heavy (non-hydrogen) atoms. The summed E-state index contributed by atoms with van der Waals surface area (Å²) in [4.78, 5) is 28.9. The highest BCUT2D eigenvalue weighted by Crippen LogP contribution is 2.04. The number of carbonyl (C=O) groups excluding carboxylic acids is 1. The molecule has 2 amide bonds. The molecule has 7 nitrogen and oxygen atoms in total. The van der Waals surface area contributed by atoms with Crippen LogP contribution in [-0.2, 0) is 13.1 Å². The number of aromatic nitrogens is 2. The number of hydrogen-bond acceptors (Lipinski definition) is 3. The molecule has 1 heterocycles. The summed E-state index contributed by atoms with van der Waals surface area (Å²) in [6, 6.07) is 6.03. The maximum Gasteiger partial charge on any atom is 0.335 e. The molecule has 2 aromatic rings. The number of benzene rings is 1. The second kappa shape index (κ2) is 6.37. The van der Waals surface area contributed by atoms with E-state index in [9.17, 15) is 9.59 Å². The third-order valence-electron chi connectivity index (χ3n) is 2.65. The van der Waals surface area contributed by atoms with Gasteiger partial charge < -0.3 is 20.7 Å². The molecule has 1 aromatic heterocycles. The van der Waals surface area contributed by atoms with Gasteiger partial charge in [-0.2, -0.15) is 0 Å². The summed E-state index contributed by atoms with van der Waals surface area (Å²) in [7, 11) is 0. The highest BCUT2D eigenvalue weighted by atomic mass is 16.4. The summed E-state index contributed by atoms with van der Waals surface area (Å²) >= 11 is 0. The molecule has 0 unspecified atom stereocenters. The lowest BCUT2D eigenvalue weighted by Crippen LogP contribution is -2.34. The summed E-state index contributed by atoms with van der Waals surface area (Å²) in [5, 5.41) is 14.1. The normalized spacial score (nSPS) is 10.0. The number of nitrogens with zero attached hydrogens (tertiary/aromatic N) is 1. The first-order valence-electron chi connectivity index (χ1n) is 5.96. The molecule has 1 aromatic carbocycles. The van der Waals surface area contributed by atoms with Crippen molar-refractivity contribution in [2.24, 2.45) is 0 Å². The van der Waals surface area contributed by atoms with E-state index in [-0.39, 0.29) is 11.6 Å². The summed E-state index contributed by atoms with van der Waals surface area (Å²) < 4.78 is 0. The van der Waals surface area contributed by atoms with Crippen molar-refractivity contribution < 1.29 is 14.7 Å². The third-order valence-corrected chi connectivity index (χ3v) is 2.65. The van der Waals surface area contributed by atoms with Crippen LogP contribution in [0, 0.1) is 0 Å². The molecule has 0 fully saturated rings. The number of nitrogens with one attached hydrogen (secondary N) is 3. The molecule has 0 aliphatic heterocycles. The third kappa shape index (κ3) is 3.84. The number of aromatic amines is 1. The smallest absolute Gasteiger partial charge is 0.335 e. The van der Waals surface area contributed by atoms with Crippen molar-refractivity contribution in [3.8, 4) is 0 Å². The number of aromatic carboxylic acids is 1. The lowest BCUT2D eigenvalue weighted by Gasteiger charge is -2.07.